The molecule has 2 N–H and O–H groups in total. The van der Waals surface area contributed by atoms with Gasteiger partial charge in [0.25, 0.3) is 0 Å². The van der Waals surface area contributed by atoms with Gasteiger partial charge in [0.2, 0.25) is 0 Å². The topological polar surface area (TPSA) is 49.7 Å². The lowest BCUT2D eigenvalue weighted by Gasteiger charge is -2.10. The number of benzene rings is 2. The number of rotatable bonds is 4. The Morgan fingerprint density at radius 2 is 1.65 bits per heavy atom. The lowest BCUT2D eigenvalue weighted by Crippen LogP contribution is -1.94. The van der Waals surface area contributed by atoms with Crippen LogP contribution in [-0.2, 0) is 13.2 Å². The van der Waals surface area contributed by atoms with Crippen molar-refractivity contribution in [3.05, 3.63) is 59.7 Å². The van der Waals surface area contributed by atoms with Crippen molar-refractivity contribution in [1.82, 2.24) is 0 Å². The van der Waals surface area contributed by atoms with Crippen LogP contribution in [0.3, 0.4) is 0 Å². The molecule has 0 spiro atoms. The minimum absolute atomic E-state index is 0.0430. The summed E-state index contributed by atoms with van der Waals surface area (Å²) in [5.74, 6) is 1.33. The Morgan fingerprint density at radius 3 is 2.29 bits per heavy atom. The van der Waals surface area contributed by atoms with E-state index in [2.05, 4.69) is 0 Å². The zero-order valence-corrected chi connectivity index (χ0v) is 9.34. The van der Waals surface area contributed by atoms with Crippen LogP contribution in [0.15, 0.2) is 48.5 Å². The minimum Gasteiger partial charge on any atom is -0.457 e. The van der Waals surface area contributed by atoms with E-state index in [0.717, 1.165) is 11.3 Å². The molecule has 0 aliphatic rings. The van der Waals surface area contributed by atoms with Gasteiger partial charge in [0.1, 0.15) is 11.5 Å². The zero-order valence-electron chi connectivity index (χ0n) is 9.34. The van der Waals surface area contributed by atoms with Crippen LogP contribution in [-0.4, -0.2) is 10.2 Å². The summed E-state index contributed by atoms with van der Waals surface area (Å²) in [6, 6.07) is 14.6. The van der Waals surface area contributed by atoms with Crippen molar-refractivity contribution in [2.24, 2.45) is 0 Å². The van der Waals surface area contributed by atoms with Gasteiger partial charge in [-0.25, -0.2) is 0 Å². The number of hydrogen-bond acceptors (Lipinski definition) is 3. The number of para-hydroxylation sites is 1. The summed E-state index contributed by atoms with van der Waals surface area (Å²) in [6.45, 7) is -0.158. The molecule has 88 valence electrons. The number of aliphatic hydroxyl groups excluding tert-OH is 2. The summed E-state index contributed by atoms with van der Waals surface area (Å²) in [5, 5.41) is 18.3. The zero-order chi connectivity index (χ0) is 12.1. The number of aliphatic hydroxyl groups is 2. The van der Waals surface area contributed by atoms with Crippen molar-refractivity contribution in [3.8, 4) is 11.5 Å². The van der Waals surface area contributed by atoms with E-state index in [1.54, 1.807) is 18.2 Å². The molecule has 2 aromatic carbocycles. The molecular weight excluding hydrogens is 216 g/mol. The van der Waals surface area contributed by atoms with E-state index in [4.69, 9.17) is 9.84 Å². The second-order valence-corrected chi connectivity index (χ2v) is 3.67. The predicted molar refractivity (Wildman–Crippen MR) is 64.8 cm³/mol. The lowest BCUT2D eigenvalue weighted by molar-refractivity contribution is 0.271. The molecule has 0 atom stereocenters. The molecule has 0 amide bonds. The molecule has 3 heteroatoms. The van der Waals surface area contributed by atoms with Gasteiger partial charge in [-0.2, -0.15) is 0 Å². The molecule has 3 nitrogen and oxygen atoms in total. The van der Waals surface area contributed by atoms with Crippen LogP contribution in [0, 0.1) is 0 Å². The highest BCUT2D eigenvalue weighted by Crippen LogP contribution is 2.26. The van der Waals surface area contributed by atoms with Gasteiger partial charge in [-0.15, -0.1) is 0 Å². The average Bonchev–Trinajstić information content (AvgIpc) is 2.40. The summed E-state index contributed by atoms with van der Waals surface area (Å²) in [6.07, 6.45) is 0. The van der Waals surface area contributed by atoms with Crippen molar-refractivity contribution in [3.63, 3.8) is 0 Å². The molecule has 17 heavy (non-hydrogen) atoms. The van der Waals surface area contributed by atoms with Crippen molar-refractivity contribution < 1.29 is 14.9 Å². The lowest BCUT2D eigenvalue weighted by atomic mass is 10.1. The molecule has 0 saturated carbocycles. The van der Waals surface area contributed by atoms with E-state index >= 15 is 0 Å². The monoisotopic (exact) mass is 230 g/mol. The van der Waals surface area contributed by atoms with Crippen LogP contribution in [0.25, 0.3) is 0 Å². The third kappa shape index (κ3) is 2.84. The second kappa shape index (κ2) is 5.48. The molecule has 0 aliphatic heterocycles. The van der Waals surface area contributed by atoms with Crippen LogP contribution >= 0.6 is 0 Å². The van der Waals surface area contributed by atoms with Gasteiger partial charge in [0, 0.05) is 5.56 Å². The third-order valence-electron chi connectivity index (χ3n) is 2.45. The maximum absolute atomic E-state index is 9.25. The highest BCUT2D eigenvalue weighted by atomic mass is 16.5. The first-order valence-corrected chi connectivity index (χ1v) is 5.40. The molecule has 0 fully saturated rings. The van der Waals surface area contributed by atoms with Crippen LogP contribution in [0.1, 0.15) is 11.1 Å². The van der Waals surface area contributed by atoms with E-state index in [-0.39, 0.29) is 13.2 Å². The van der Waals surface area contributed by atoms with Gasteiger partial charge >= 0.3 is 0 Å². The van der Waals surface area contributed by atoms with Gasteiger partial charge in [0.15, 0.2) is 0 Å². The van der Waals surface area contributed by atoms with E-state index < -0.39 is 0 Å². The highest BCUT2D eigenvalue weighted by Gasteiger charge is 2.05. The standard InChI is InChI=1S/C14H14O3/c15-9-11-6-7-14(12(8-11)10-16)17-13-4-2-1-3-5-13/h1-8,15-16H,9-10H2. The van der Waals surface area contributed by atoms with Gasteiger partial charge in [-0.1, -0.05) is 24.3 Å². The van der Waals surface area contributed by atoms with Crippen molar-refractivity contribution >= 4 is 0 Å². The molecule has 0 bridgehead atoms. The smallest absolute Gasteiger partial charge is 0.132 e. The van der Waals surface area contributed by atoms with Crippen molar-refractivity contribution in [1.29, 1.82) is 0 Å². The maximum atomic E-state index is 9.25. The van der Waals surface area contributed by atoms with Crippen molar-refractivity contribution in [2.45, 2.75) is 13.2 Å². The maximum Gasteiger partial charge on any atom is 0.132 e. The van der Waals surface area contributed by atoms with E-state index in [1.807, 2.05) is 30.3 Å². The van der Waals surface area contributed by atoms with Gasteiger partial charge < -0.3 is 14.9 Å². The van der Waals surface area contributed by atoms with E-state index in [0.29, 0.717) is 11.3 Å². The normalized spacial score (nSPS) is 10.2. The molecule has 2 rings (SSSR count). The van der Waals surface area contributed by atoms with E-state index in [1.165, 1.54) is 0 Å². The number of hydrogen-bond donors (Lipinski definition) is 2. The van der Waals surface area contributed by atoms with Gasteiger partial charge in [-0.05, 0) is 29.8 Å². The molecular formula is C14H14O3. The Balaban J connectivity index is 2.26. The second-order valence-electron chi connectivity index (χ2n) is 3.67. The molecule has 0 unspecified atom stereocenters. The molecule has 0 aromatic heterocycles. The van der Waals surface area contributed by atoms with Gasteiger partial charge in [0.05, 0.1) is 13.2 Å². The van der Waals surface area contributed by atoms with Crippen LogP contribution < -0.4 is 4.74 Å². The summed E-state index contributed by atoms with van der Waals surface area (Å²) in [7, 11) is 0. The molecule has 2 aromatic rings. The predicted octanol–water partition coefficient (Wildman–Crippen LogP) is 2.46. The van der Waals surface area contributed by atoms with Crippen LogP contribution in [0.5, 0.6) is 11.5 Å². The summed E-state index contributed by atoms with van der Waals surface area (Å²) >= 11 is 0. The highest BCUT2D eigenvalue weighted by molar-refractivity contribution is 5.40. The summed E-state index contributed by atoms with van der Waals surface area (Å²) < 4.78 is 5.66. The average molecular weight is 230 g/mol. The Kier molecular flexibility index (Phi) is 3.75. The molecule has 0 heterocycles. The van der Waals surface area contributed by atoms with E-state index in [9.17, 15) is 5.11 Å². The molecule has 0 aliphatic carbocycles. The Morgan fingerprint density at radius 1 is 0.882 bits per heavy atom. The fraction of sp³-hybridized carbons (Fsp3) is 0.143. The summed E-state index contributed by atoms with van der Waals surface area (Å²) in [4.78, 5) is 0. The first-order chi connectivity index (χ1) is 8.33. The Hall–Kier alpha value is -1.84. The first-order valence-electron chi connectivity index (χ1n) is 5.40. The van der Waals surface area contributed by atoms with Gasteiger partial charge in [-0.3, -0.25) is 0 Å². The minimum atomic E-state index is -0.115. The Bertz CT molecular complexity index is 480. The first kappa shape index (κ1) is 11.6. The SMILES string of the molecule is OCc1ccc(Oc2ccccc2)c(CO)c1. The molecule has 0 radical (unpaired) electrons. The molecule has 0 saturated heterocycles. The van der Waals surface area contributed by atoms with Crippen LogP contribution in [0.4, 0.5) is 0 Å². The fourth-order valence-electron chi connectivity index (χ4n) is 1.57. The van der Waals surface area contributed by atoms with Crippen LogP contribution in [0.2, 0.25) is 0 Å². The largest absolute Gasteiger partial charge is 0.457 e. The Labute approximate surface area is 99.9 Å². The quantitative estimate of drug-likeness (QED) is 0.848. The number of ether oxygens (including phenoxy) is 1. The fourth-order valence-corrected chi connectivity index (χ4v) is 1.57. The van der Waals surface area contributed by atoms with Crippen molar-refractivity contribution in [2.75, 3.05) is 0 Å². The third-order valence-corrected chi connectivity index (χ3v) is 2.45. The summed E-state index contributed by atoms with van der Waals surface area (Å²) in [5.41, 5.74) is 1.43.